The molecule has 2 aromatic heterocycles. The first-order valence-electron chi connectivity index (χ1n) is 6.97. The van der Waals surface area contributed by atoms with Gasteiger partial charge < -0.3 is 4.42 Å². The molecule has 0 spiro atoms. The lowest BCUT2D eigenvalue weighted by Crippen LogP contribution is -2.30. The molecule has 0 aliphatic rings. The zero-order valence-corrected chi connectivity index (χ0v) is 11.9. The van der Waals surface area contributed by atoms with Crippen LogP contribution in [0.15, 0.2) is 59.3 Å². The lowest BCUT2D eigenvalue weighted by atomic mass is 10.0. The zero-order chi connectivity index (χ0) is 14.7. The van der Waals surface area contributed by atoms with Gasteiger partial charge >= 0.3 is 0 Å². The van der Waals surface area contributed by atoms with Crippen molar-refractivity contribution in [2.45, 2.75) is 19.4 Å². The second-order valence-corrected chi connectivity index (χ2v) is 4.76. The lowest BCUT2D eigenvalue weighted by molar-refractivity contribution is 0.498. The molecule has 0 saturated carbocycles. The molecule has 3 rings (SSSR count). The Morgan fingerprint density at radius 2 is 2.05 bits per heavy atom. The van der Waals surface area contributed by atoms with Crippen molar-refractivity contribution in [2.75, 3.05) is 0 Å². The molecule has 1 atom stereocenters. The van der Waals surface area contributed by atoms with Crippen LogP contribution >= 0.6 is 0 Å². The third-order valence-electron chi connectivity index (χ3n) is 3.55. The molecule has 0 bridgehead atoms. The Balaban J connectivity index is 2.05. The van der Waals surface area contributed by atoms with Gasteiger partial charge in [0.1, 0.15) is 5.76 Å². The highest BCUT2D eigenvalue weighted by molar-refractivity contribution is 5.37. The van der Waals surface area contributed by atoms with E-state index in [0.717, 1.165) is 29.1 Å². The molecule has 0 saturated heterocycles. The minimum absolute atomic E-state index is 0.165. The third kappa shape index (κ3) is 2.49. The minimum atomic E-state index is -0.165. The number of aryl methyl sites for hydroxylation is 1. The Bertz CT molecular complexity index is 702. The summed E-state index contributed by atoms with van der Waals surface area (Å²) in [6.45, 7) is 2.06. The van der Waals surface area contributed by atoms with E-state index >= 15 is 0 Å². The van der Waals surface area contributed by atoms with Gasteiger partial charge in [0.15, 0.2) is 0 Å². The maximum Gasteiger partial charge on any atom is 0.108 e. The summed E-state index contributed by atoms with van der Waals surface area (Å²) >= 11 is 0. The highest BCUT2D eigenvalue weighted by atomic mass is 16.3. The molecule has 5 heteroatoms. The van der Waals surface area contributed by atoms with Crippen LogP contribution in [0.5, 0.6) is 0 Å². The molecular weight excluding hydrogens is 264 g/mol. The molecule has 0 aliphatic carbocycles. The summed E-state index contributed by atoms with van der Waals surface area (Å²) in [6, 6.07) is 13.7. The van der Waals surface area contributed by atoms with Crippen LogP contribution in [0.3, 0.4) is 0 Å². The molecule has 0 aliphatic heterocycles. The van der Waals surface area contributed by atoms with Crippen LogP contribution in [0.4, 0.5) is 0 Å². The lowest BCUT2D eigenvalue weighted by Gasteiger charge is -2.17. The van der Waals surface area contributed by atoms with Gasteiger partial charge in [-0.25, -0.2) is 10.1 Å². The van der Waals surface area contributed by atoms with E-state index in [2.05, 4.69) is 17.4 Å². The number of aromatic nitrogens is 2. The largest absolute Gasteiger partial charge is 0.469 e. The number of furan rings is 1. The zero-order valence-electron chi connectivity index (χ0n) is 11.9. The highest BCUT2D eigenvalue weighted by Gasteiger charge is 2.21. The van der Waals surface area contributed by atoms with Crippen molar-refractivity contribution in [3.05, 3.63) is 71.9 Å². The molecular formula is C16H18N4O. The van der Waals surface area contributed by atoms with Crippen LogP contribution in [0.2, 0.25) is 0 Å². The Morgan fingerprint density at radius 1 is 1.24 bits per heavy atom. The topological polar surface area (TPSA) is 69.0 Å². The van der Waals surface area contributed by atoms with Crippen molar-refractivity contribution >= 4 is 0 Å². The second-order valence-electron chi connectivity index (χ2n) is 4.76. The van der Waals surface area contributed by atoms with Crippen molar-refractivity contribution < 1.29 is 4.42 Å². The van der Waals surface area contributed by atoms with E-state index in [0.29, 0.717) is 0 Å². The van der Waals surface area contributed by atoms with Crippen molar-refractivity contribution in [3.8, 4) is 5.69 Å². The Morgan fingerprint density at radius 3 is 2.76 bits per heavy atom. The predicted molar refractivity (Wildman–Crippen MR) is 80.8 cm³/mol. The Labute approximate surface area is 123 Å². The monoisotopic (exact) mass is 282 g/mol. The van der Waals surface area contributed by atoms with Gasteiger partial charge in [-0.3, -0.25) is 5.84 Å². The Hall–Kier alpha value is -2.37. The maximum atomic E-state index is 5.79. The number of nitrogens with one attached hydrogen (secondary N) is 1. The number of para-hydroxylation sites is 1. The standard InChI is InChI=1S/C16H18N4O/c1-2-15-13(9-11-21-15)16(19-17)14-8-10-18-20(14)12-6-4-3-5-7-12/h3-11,16,19H,2,17H2,1H3. The van der Waals surface area contributed by atoms with E-state index in [4.69, 9.17) is 10.3 Å². The van der Waals surface area contributed by atoms with Gasteiger partial charge in [0.05, 0.1) is 23.7 Å². The molecule has 0 radical (unpaired) electrons. The predicted octanol–water partition coefficient (Wildman–Crippen LogP) is 2.58. The Kier molecular flexibility index (Phi) is 3.85. The van der Waals surface area contributed by atoms with Crippen LogP contribution in [0.1, 0.15) is 30.0 Å². The van der Waals surface area contributed by atoms with E-state index < -0.39 is 0 Å². The summed E-state index contributed by atoms with van der Waals surface area (Å²) in [7, 11) is 0. The smallest absolute Gasteiger partial charge is 0.108 e. The fourth-order valence-corrected chi connectivity index (χ4v) is 2.55. The number of benzene rings is 1. The van der Waals surface area contributed by atoms with Crippen molar-refractivity contribution in [3.63, 3.8) is 0 Å². The fraction of sp³-hybridized carbons (Fsp3) is 0.188. The summed E-state index contributed by atoms with van der Waals surface area (Å²) in [5.74, 6) is 6.72. The molecule has 108 valence electrons. The van der Waals surface area contributed by atoms with E-state index in [1.54, 1.807) is 12.5 Å². The molecule has 3 N–H and O–H groups in total. The molecule has 5 nitrogen and oxygen atoms in total. The SMILES string of the molecule is CCc1occc1C(NN)c1ccnn1-c1ccccc1. The van der Waals surface area contributed by atoms with Crippen LogP contribution in [0, 0.1) is 0 Å². The molecule has 0 fully saturated rings. The average molecular weight is 282 g/mol. The summed E-state index contributed by atoms with van der Waals surface area (Å²) in [5, 5.41) is 4.41. The molecule has 0 amide bonds. The summed E-state index contributed by atoms with van der Waals surface area (Å²) < 4.78 is 7.40. The highest BCUT2D eigenvalue weighted by Crippen LogP contribution is 2.27. The first-order valence-corrected chi connectivity index (χ1v) is 6.97. The van der Waals surface area contributed by atoms with Crippen molar-refractivity contribution in [1.29, 1.82) is 0 Å². The molecule has 3 aromatic rings. The van der Waals surface area contributed by atoms with Crippen molar-refractivity contribution in [2.24, 2.45) is 5.84 Å². The maximum absolute atomic E-state index is 5.79. The molecule has 1 unspecified atom stereocenters. The second kappa shape index (κ2) is 5.95. The van der Waals surface area contributed by atoms with E-state index in [9.17, 15) is 0 Å². The van der Waals surface area contributed by atoms with Crippen LogP contribution < -0.4 is 11.3 Å². The van der Waals surface area contributed by atoms with Gasteiger partial charge in [0.2, 0.25) is 0 Å². The van der Waals surface area contributed by atoms with Crippen LogP contribution in [-0.2, 0) is 6.42 Å². The third-order valence-corrected chi connectivity index (χ3v) is 3.55. The molecule has 1 aromatic carbocycles. The average Bonchev–Trinajstić information content (AvgIpc) is 3.18. The van der Waals surface area contributed by atoms with E-state index in [-0.39, 0.29) is 6.04 Å². The van der Waals surface area contributed by atoms with Gasteiger partial charge in [-0.2, -0.15) is 5.10 Å². The van der Waals surface area contributed by atoms with Gasteiger partial charge in [0, 0.05) is 18.2 Å². The number of nitrogens with two attached hydrogens (primary N) is 1. The molecule has 21 heavy (non-hydrogen) atoms. The minimum Gasteiger partial charge on any atom is -0.469 e. The first kappa shape index (κ1) is 13.6. The fourth-order valence-electron chi connectivity index (χ4n) is 2.55. The van der Waals surface area contributed by atoms with Gasteiger partial charge in [-0.15, -0.1) is 0 Å². The summed E-state index contributed by atoms with van der Waals surface area (Å²) in [5.41, 5.74) is 5.88. The number of rotatable bonds is 5. The summed E-state index contributed by atoms with van der Waals surface area (Å²) in [4.78, 5) is 0. The number of hydrogen-bond acceptors (Lipinski definition) is 4. The quantitative estimate of drug-likeness (QED) is 0.557. The van der Waals surface area contributed by atoms with Gasteiger partial charge in [-0.1, -0.05) is 25.1 Å². The van der Waals surface area contributed by atoms with Crippen molar-refractivity contribution in [1.82, 2.24) is 15.2 Å². The van der Waals surface area contributed by atoms with Gasteiger partial charge in [-0.05, 0) is 24.3 Å². The molecule has 2 heterocycles. The summed E-state index contributed by atoms with van der Waals surface area (Å²) in [6.07, 6.45) is 4.29. The normalized spacial score (nSPS) is 12.5. The van der Waals surface area contributed by atoms with Gasteiger partial charge in [0.25, 0.3) is 0 Å². The van der Waals surface area contributed by atoms with E-state index in [1.807, 2.05) is 47.1 Å². The number of nitrogens with zero attached hydrogens (tertiary/aromatic N) is 2. The first-order chi connectivity index (χ1) is 10.3. The van der Waals surface area contributed by atoms with E-state index in [1.165, 1.54) is 0 Å². The van der Waals surface area contributed by atoms with Crippen LogP contribution in [-0.4, -0.2) is 9.78 Å². The number of hydrazine groups is 1. The number of hydrogen-bond donors (Lipinski definition) is 2. The van der Waals surface area contributed by atoms with Crippen LogP contribution in [0.25, 0.3) is 5.69 Å².